The second kappa shape index (κ2) is 5.48. The van der Waals surface area contributed by atoms with Crippen molar-refractivity contribution in [1.82, 2.24) is 4.98 Å². The maximum Gasteiger partial charge on any atom is 0.417 e. The average molecular weight is 269 g/mol. The maximum atomic E-state index is 13.0. The van der Waals surface area contributed by atoms with Gasteiger partial charge >= 0.3 is 6.18 Å². The monoisotopic (exact) mass is 269 g/mol. The number of nitrogens with one attached hydrogen (secondary N) is 1. The molecule has 0 saturated heterocycles. The summed E-state index contributed by atoms with van der Waals surface area (Å²) in [5, 5.41) is 8.82. The average Bonchev–Trinajstić information content (AvgIpc) is 2.83. The standard InChI is InChI=1S/C14H14F3NO/c15-14(16,17)12-6-2-1-5-11(12)13-10(4-3-9-19)7-8-18-13/h1-2,5-8,18-19H,3-4,9H2. The van der Waals surface area contributed by atoms with Gasteiger partial charge in [-0.3, -0.25) is 0 Å². The first kappa shape index (κ1) is 13.7. The van der Waals surface area contributed by atoms with Crippen LogP contribution < -0.4 is 0 Å². The molecule has 0 amide bonds. The van der Waals surface area contributed by atoms with E-state index in [0.29, 0.717) is 18.5 Å². The Morgan fingerprint density at radius 2 is 1.84 bits per heavy atom. The summed E-state index contributed by atoms with van der Waals surface area (Å²) in [7, 11) is 0. The molecule has 0 spiro atoms. The lowest BCUT2D eigenvalue weighted by Crippen LogP contribution is -2.07. The highest BCUT2D eigenvalue weighted by atomic mass is 19.4. The van der Waals surface area contributed by atoms with Gasteiger partial charge in [-0.1, -0.05) is 18.2 Å². The summed E-state index contributed by atoms with van der Waals surface area (Å²) in [5.74, 6) is 0. The van der Waals surface area contributed by atoms with Crippen molar-refractivity contribution in [3.8, 4) is 11.3 Å². The number of alkyl halides is 3. The summed E-state index contributed by atoms with van der Waals surface area (Å²) in [6, 6.07) is 7.24. The molecule has 2 nitrogen and oxygen atoms in total. The number of aromatic amines is 1. The van der Waals surface area contributed by atoms with E-state index in [4.69, 9.17) is 5.11 Å². The summed E-state index contributed by atoms with van der Waals surface area (Å²) in [5.41, 5.74) is 0.753. The van der Waals surface area contributed by atoms with Crippen LogP contribution in [0.5, 0.6) is 0 Å². The first-order chi connectivity index (χ1) is 9.04. The lowest BCUT2D eigenvalue weighted by Gasteiger charge is -2.13. The van der Waals surface area contributed by atoms with Gasteiger partial charge in [0.05, 0.1) is 5.56 Å². The van der Waals surface area contributed by atoms with E-state index >= 15 is 0 Å². The van der Waals surface area contributed by atoms with Crippen molar-refractivity contribution >= 4 is 0 Å². The number of hydrogen-bond acceptors (Lipinski definition) is 1. The second-order valence-corrected chi connectivity index (χ2v) is 4.25. The van der Waals surface area contributed by atoms with Crippen LogP contribution in [0.15, 0.2) is 36.5 Å². The Hall–Kier alpha value is -1.75. The van der Waals surface area contributed by atoms with E-state index in [0.717, 1.165) is 11.6 Å². The molecule has 0 aliphatic rings. The molecule has 0 radical (unpaired) electrons. The van der Waals surface area contributed by atoms with Crippen LogP contribution in [0.2, 0.25) is 0 Å². The lowest BCUT2D eigenvalue weighted by atomic mass is 9.99. The van der Waals surface area contributed by atoms with Gasteiger partial charge in [-0.25, -0.2) is 0 Å². The Balaban J connectivity index is 2.45. The first-order valence-corrected chi connectivity index (χ1v) is 5.97. The second-order valence-electron chi connectivity index (χ2n) is 4.25. The molecule has 2 aromatic rings. The summed E-state index contributed by atoms with van der Waals surface area (Å²) < 4.78 is 38.9. The fraction of sp³-hybridized carbons (Fsp3) is 0.286. The number of H-pyrrole nitrogens is 1. The van der Waals surface area contributed by atoms with E-state index in [-0.39, 0.29) is 12.2 Å². The number of benzene rings is 1. The zero-order chi connectivity index (χ0) is 13.9. The lowest BCUT2D eigenvalue weighted by molar-refractivity contribution is -0.137. The SMILES string of the molecule is OCCCc1cc[nH]c1-c1ccccc1C(F)(F)F. The summed E-state index contributed by atoms with van der Waals surface area (Å²) in [6.07, 6.45) is -1.69. The quantitative estimate of drug-likeness (QED) is 0.873. The normalized spacial score (nSPS) is 11.8. The molecule has 2 N–H and O–H groups in total. The van der Waals surface area contributed by atoms with Crippen LogP contribution in [0.4, 0.5) is 13.2 Å². The minimum Gasteiger partial charge on any atom is -0.396 e. The molecule has 0 bridgehead atoms. The topological polar surface area (TPSA) is 36.0 Å². The Morgan fingerprint density at radius 3 is 2.53 bits per heavy atom. The summed E-state index contributed by atoms with van der Waals surface area (Å²) in [4.78, 5) is 2.86. The highest BCUT2D eigenvalue weighted by Crippen LogP contribution is 2.37. The maximum absolute atomic E-state index is 13.0. The third-order valence-electron chi connectivity index (χ3n) is 2.94. The molecular formula is C14H14F3NO. The molecule has 0 fully saturated rings. The van der Waals surface area contributed by atoms with Crippen LogP contribution >= 0.6 is 0 Å². The number of hydrogen-bond donors (Lipinski definition) is 2. The van der Waals surface area contributed by atoms with Crippen molar-refractivity contribution in [2.24, 2.45) is 0 Å². The van der Waals surface area contributed by atoms with E-state index in [2.05, 4.69) is 4.98 Å². The molecule has 5 heteroatoms. The number of halogens is 3. The van der Waals surface area contributed by atoms with Crippen LogP contribution in [-0.2, 0) is 12.6 Å². The number of aliphatic hydroxyl groups is 1. The van der Waals surface area contributed by atoms with Crippen molar-refractivity contribution in [3.05, 3.63) is 47.7 Å². The zero-order valence-corrected chi connectivity index (χ0v) is 10.2. The van der Waals surface area contributed by atoms with Gasteiger partial charge in [-0.2, -0.15) is 13.2 Å². The summed E-state index contributed by atoms with van der Waals surface area (Å²) >= 11 is 0. The van der Waals surface area contributed by atoms with Crippen LogP contribution in [0.1, 0.15) is 17.5 Å². The molecule has 0 atom stereocenters. The van der Waals surface area contributed by atoms with E-state index in [1.165, 1.54) is 12.1 Å². The Kier molecular flexibility index (Phi) is 3.95. The number of aliphatic hydroxyl groups excluding tert-OH is 1. The molecule has 0 unspecified atom stereocenters. The van der Waals surface area contributed by atoms with Crippen molar-refractivity contribution in [3.63, 3.8) is 0 Å². The largest absolute Gasteiger partial charge is 0.417 e. The van der Waals surface area contributed by atoms with E-state index < -0.39 is 11.7 Å². The highest BCUT2D eigenvalue weighted by molar-refractivity contribution is 5.68. The van der Waals surface area contributed by atoms with Gasteiger partial charge in [-0.05, 0) is 30.5 Å². The smallest absolute Gasteiger partial charge is 0.396 e. The van der Waals surface area contributed by atoms with Gasteiger partial charge in [0, 0.05) is 24.1 Å². The van der Waals surface area contributed by atoms with Crippen molar-refractivity contribution in [2.75, 3.05) is 6.61 Å². The van der Waals surface area contributed by atoms with Gasteiger partial charge in [0.15, 0.2) is 0 Å². The minimum atomic E-state index is -4.38. The van der Waals surface area contributed by atoms with Gasteiger partial charge in [0.1, 0.15) is 0 Å². The number of rotatable bonds is 4. The Bertz CT molecular complexity index is 546. The van der Waals surface area contributed by atoms with Gasteiger partial charge in [-0.15, -0.1) is 0 Å². The van der Waals surface area contributed by atoms with E-state index in [1.807, 2.05) is 0 Å². The molecule has 19 heavy (non-hydrogen) atoms. The van der Waals surface area contributed by atoms with Gasteiger partial charge < -0.3 is 10.1 Å². The van der Waals surface area contributed by atoms with Crippen LogP contribution in [-0.4, -0.2) is 16.7 Å². The van der Waals surface area contributed by atoms with Crippen molar-refractivity contribution in [2.45, 2.75) is 19.0 Å². The molecule has 0 aliphatic carbocycles. The van der Waals surface area contributed by atoms with Crippen LogP contribution in [0.25, 0.3) is 11.3 Å². The molecule has 0 aliphatic heterocycles. The first-order valence-electron chi connectivity index (χ1n) is 5.97. The van der Waals surface area contributed by atoms with Crippen molar-refractivity contribution < 1.29 is 18.3 Å². The van der Waals surface area contributed by atoms with E-state index in [9.17, 15) is 13.2 Å². The minimum absolute atomic E-state index is 0.0194. The zero-order valence-electron chi connectivity index (χ0n) is 10.2. The van der Waals surface area contributed by atoms with Gasteiger partial charge in [0.2, 0.25) is 0 Å². The van der Waals surface area contributed by atoms with E-state index in [1.54, 1.807) is 18.3 Å². The molecule has 1 aromatic heterocycles. The molecule has 1 heterocycles. The van der Waals surface area contributed by atoms with Crippen LogP contribution in [0.3, 0.4) is 0 Å². The predicted octanol–water partition coefficient (Wildman–Crippen LogP) is 3.63. The fourth-order valence-electron chi connectivity index (χ4n) is 2.08. The molecule has 0 saturated carbocycles. The number of aromatic nitrogens is 1. The Morgan fingerprint density at radius 1 is 1.11 bits per heavy atom. The molecule has 2 rings (SSSR count). The molecule has 102 valence electrons. The van der Waals surface area contributed by atoms with Crippen LogP contribution in [0, 0.1) is 0 Å². The predicted molar refractivity (Wildman–Crippen MR) is 66.6 cm³/mol. The van der Waals surface area contributed by atoms with Crippen molar-refractivity contribution in [1.29, 1.82) is 0 Å². The fourth-order valence-corrected chi connectivity index (χ4v) is 2.08. The number of aryl methyl sites for hydroxylation is 1. The third-order valence-corrected chi connectivity index (χ3v) is 2.94. The molecule has 1 aromatic carbocycles. The Labute approximate surface area is 108 Å². The third kappa shape index (κ3) is 2.98. The highest BCUT2D eigenvalue weighted by Gasteiger charge is 2.33. The molecular weight excluding hydrogens is 255 g/mol. The van der Waals surface area contributed by atoms with Gasteiger partial charge in [0.25, 0.3) is 0 Å². The summed E-state index contributed by atoms with van der Waals surface area (Å²) in [6.45, 7) is 0.0194.